The smallest absolute Gasteiger partial charge is 0.343 e. The van der Waals surface area contributed by atoms with E-state index in [1.165, 1.54) is 0 Å². The van der Waals surface area contributed by atoms with Gasteiger partial charge in [0.25, 0.3) is 5.91 Å². The van der Waals surface area contributed by atoms with Crippen LogP contribution in [0.4, 0.5) is 5.69 Å². The number of rotatable bonds is 5. The minimum absolute atomic E-state index is 0.0373. The van der Waals surface area contributed by atoms with Gasteiger partial charge in [-0.25, -0.2) is 9.89 Å². The monoisotopic (exact) mass is 357 g/mol. The molecule has 0 spiro atoms. The van der Waals surface area contributed by atoms with Gasteiger partial charge in [-0.15, -0.1) is 0 Å². The Bertz CT molecular complexity index is 839. The summed E-state index contributed by atoms with van der Waals surface area (Å²) in [6.07, 6.45) is 1.84. The van der Waals surface area contributed by atoms with E-state index in [1.807, 2.05) is 43.9 Å². The predicted molar refractivity (Wildman–Crippen MR) is 102 cm³/mol. The molecule has 1 aliphatic heterocycles. The van der Waals surface area contributed by atoms with Crippen molar-refractivity contribution in [1.82, 2.24) is 19.7 Å². The zero-order chi connectivity index (χ0) is 18.7. The number of hydrogen-bond donors (Lipinski definition) is 2. The first kappa shape index (κ1) is 18.2. The fraction of sp³-hybridized carbons (Fsp3) is 0.526. The summed E-state index contributed by atoms with van der Waals surface area (Å²) in [5.74, 6) is 0.875. The Labute approximate surface area is 153 Å². The molecule has 7 nitrogen and oxygen atoms in total. The number of nitrogens with zero attached hydrogens (tertiary/aromatic N) is 3. The van der Waals surface area contributed by atoms with Crippen molar-refractivity contribution in [2.24, 2.45) is 0 Å². The molecule has 0 bridgehead atoms. The fourth-order valence-electron chi connectivity index (χ4n) is 3.67. The number of nitrogens with one attached hydrogen (secondary N) is 2. The molecule has 1 aromatic heterocycles. The number of hydrogen-bond acceptors (Lipinski definition) is 4. The molecule has 140 valence electrons. The molecule has 7 heteroatoms. The number of carbonyl (C=O) groups is 1. The van der Waals surface area contributed by atoms with Crippen LogP contribution in [0.3, 0.4) is 0 Å². The van der Waals surface area contributed by atoms with E-state index in [1.54, 1.807) is 4.57 Å². The van der Waals surface area contributed by atoms with Crippen molar-refractivity contribution in [3.8, 4) is 0 Å². The lowest BCUT2D eigenvalue weighted by Crippen LogP contribution is -2.40. The molecular formula is C19H27N5O2. The summed E-state index contributed by atoms with van der Waals surface area (Å²) < 4.78 is 1.66. The van der Waals surface area contributed by atoms with E-state index in [2.05, 4.69) is 15.5 Å². The second-order valence-corrected chi connectivity index (χ2v) is 6.80. The van der Waals surface area contributed by atoms with Crippen molar-refractivity contribution in [2.45, 2.75) is 46.1 Å². The van der Waals surface area contributed by atoms with Crippen LogP contribution in [-0.4, -0.2) is 45.2 Å². The molecule has 0 radical (unpaired) electrons. The minimum Gasteiger partial charge on any atom is -0.385 e. The van der Waals surface area contributed by atoms with Gasteiger partial charge in [0.15, 0.2) is 0 Å². The highest BCUT2D eigenvalue weighted by Crippen LogP contribution is 2.27. The Morgan fingerprint density at radius 1 is 1.38 bits per heavy atom. The molecule has 3 rings (SSSR count). The van der Waals surface area contributed by atoms with Gasteiger partial charge < -0.3 is 10.2 Å². The van der Waals surface area contributed by atoms with Crippen LogP contribution in [0.5, 0.6) is 0 Å². The minimum atomic E-state index is -0.181. The van der Waals surface area contributed by atoms with Crippen molar-refractivity contribution >= 4 is 11.6 Å². The van der Waals surface area contributed by atoms with E-state index in [0.29, 0.717) is 18.7 Å². The van der Waals surface area contributed by atoms with Crippen molar-refractivity contribution in [1.29, 1.82) is 0 Å². The molecule has 1 aliphatic rings. The lowest BCUT2D eigenvalue weighted by Gasteiger charge is -2.33. The maximum absolute atomic E-state index is 13.2. The Morgan fingerprint density at radius 3 is 2.92 bits per heavy atom. The number of amides is 1. The molecule has 0 saturated carbocycles. The second-order valence-electron chi connectivity index (χ2n) is 6.80. The molecule has 1 aromatic carbocycles. The molecule has 0 unspecified atom stereocenters. The van der Waals surface area contributed by atoms with Gasteiger partial charge in [0, 0.05) is 37.8 Å². The number of piperidine rings is 1. The number of aromatic amines is 1. The number of aryl methyl sites for hydroxylation is 1. The maximum atomic E-state index is 13.2. The SMILES string of the molecule is CCNc1ccc(C)cc1C(=O)N1CCC[C@H](c2n[nH]c(=O)n2CC)C1. The van der Waals surface area contributed by atoms with Gasteiger partial charge in [-0.05, 0) is 45.7 Å². The standard InChI is InChI=1S/C19H27N5O2/c1-4-20-16-9-8-13(3)11-15(16)18(25)23-10-6-7-14(12-23)17-21-22-19(26)24(17)5-2/h8-9,11,14,20H,4-7,10,12H2,1-3H3,(H,22,26)/t14-/m0/s1. The van der Waals surface area contributed by atoms with Crippen LogP contribution in [-0.2, 0) is 6.54 Å². The zero-order valence-corrected chi connectivity index (χ0v) is 15.7. The molecule has 0 aliphatic carbocycles. The largest absolute Gasteiger partial charge is 0.385 e. The maximum Gasteiger partial charge on any atom is 0.343 e. The van der Waals surface area contributed by atoms with E-state index in [9.17, 15) is 9.59 Å². The number of anilines is 1. The molecular weight excluding hydrogens is 330 g/mol. The Morgan fingerprint density at radius 2 is 2.19 bits per heavy atom. The lowest BCUT2D eigenvalue weighted by atomic mass is 9.96. The van der Waals surface area contributed by atoms with E-state index >= 15 is 0 Å². The summed E-state index contributed by atoms with van der Waals surface area (Å²) in [6.45, 7) is 8.61. The third-order valence-corrected chi connectivity index (χ3v) is 4.95. The molecule has 2 heterocycles. The first-order valence-electron chi connectivity index (χ1n) is 9.34. The van der Waals surface area contributed by atoms with Crippen LogP contribution >= 0.6 is 0 Å². The Kier molecular flexibility index (Phi) is 5.44. The van der Waals surface area contributed by atoms with E-state index in [-0.39, 0.29) is 17.5 Å². The first-order valence-corrected chi connectivity index (χ1v) is 9.34. The normalized spacial score (nSPS) is 17.3. The Hall–Kier alpha value is -2.57. The average Bonchev–Trinajstić information content (AvgIpc) is 3.03. The quantitative estimate of drug-likeness (QED) is 0.860. The number of aromatic nitrogens is 3. The summed E-state index contributed by atoms with van der Waals surface area (Å²) in [7, 11) is 0. The van der Waals surface area contributed by atoms with Crippen LogP contribution in [0.25, 0.3) is 0 Å². The van der Waals surface area contributed by atoms with Crippen LogP contribution in [0.2, 0.25) is 0 Å². The third-order valence-electron chi connectivity index (χ3n) is 4.95. The lowest BCUT2D eigenvalue weighted by molar-refractivity contribution is 0.0704. The van der Waals surface area contributed by atoms with Gasteiger partial charge in [0.05, 0.1) is 5.56 Å². The van der Waals surface area contributed by atoms with Gasteiger partial charge in [0.2, 0.25) is 0 Å². The van der Waals surface area contributed by atoms with Crippen molar-refractivity contribution in [3.63, 3.8) is 0 Å². The Balaban J connectivity index is 1.85. The summed E-state index contributed by atoms with van der Waals surface area (Å²) in [6, 6.07) is 5.92. The number of H-pyrrole nitrogens is 1. The topological polar surface area (TPSA) is 83.0 Å². The zero-order valence-electron chi connectivity index (χ0n) is 15.7. The summed E-state index contributed by atoms with van der Waals surface area (Å²) in [4.78, 5) is 26.9. The van der Waals surface area contributed by atoms with Crippen LogP contribution < -0.4 is 11.0 Å². The molecule has 26 heavy (non-hydrogen) atoms. The predicted octanol–water partition coefficient (Wildman–Crippen LogP) is 2.35. The van der Waals surface area contributed by atoms with Gasteiger partial charge in [-0.3, -0.25) is 9.36 Å². The molecule has 1 amide bonds. The fourth-order valence-corrected chi connectivity index (χ4v) is 3.67. The van der Waals surface area contributed by atoms with E-state index in [0.717, 1.165) is 43.0 Å². The highest BCUT2D eigenvalue weighted by atomic mass is 16.2. The van der Waals surface area contributed by atoms with Gasteiger partial charge in [-0.2, -0.15) is 5.10 Å². The van der Waals surface area contributed by atoms with Crippen molar-refractivity contribution in [3.05, 3.63) is 45.6 Å². The second kappa shape index (κ2) is 7.76. The summed E-state index contributed by atoms with van der Waals surface area (Å²) >= 11 is 0. The molecule has 1 atom stereocenters. The molecule has 1 fully saturated rings. The number of likely N-dealkylation sites (tertiary alicyclic amines) is 1. The van der Waals surface area contributed by atoms with E-state index < -0.39 is 0 Å². The number of carbonyl (C=O) groups excluding carboxylic acids is 1. The molecule has 2 aromatic rings. The van der Waals surface area contributed by atoms with Gasteiger partial charge in [-0.1, -0.05) is 11.6 Å². The van der Waals surface area contributed by atoms with Crippen molar-refractivity contribution < 1.29 is 4.79 Å². The highest BCUT2D eigenvalue weighted by Gasteiger charge is 2.29. The summed E-state index contributed by atoms with van der Waals surface area (Å²) in [5.41, 5.74) is 2.47. The van der Waals surface area contributed by atoms with Crippen LogP contribution in [0, 0.1) is 6.92 Å². The highest BCUT2D eigenvalue weighted by molar-refractivity contribution is 6.00. The van der Waals surface area contributed by atoms with Crippen LogP contribution in [0.1, 0.15) is 54.4 Å². The molecule has 2 N–H and O–H groups in total. The van der Waals surface area contributed by atoms with Gasteiger partial charge >= 0.3 is 5.69 Å². The summed E-state index contributed by atoms with van der Waals surface area (Å²) in [5, 5.41) is 10.0. The third kappa shape index (κ3) is 3.52. The van der Waals surface area contributed by atoms with E-state index in [4.69, 9.17) is 0 Å². The van der Waals surface area contributed by atoms with Gasteiger partial charge in [0.1, 0.15) is 5.82 Å². The van der Waals surface area contributed by atoms with Crippen LogP contribution in [0.15, 0.2) is 23.0 Å². The van der Waals surface area contributed by atoms with Crippen molar-refractivity contribution in [2.75, 3.05) is 25.0 Å². The average molecular weight is 357 g/mol. The molecule has 1 saturated heterocycles. The first-order chi connectivity index (χ1) is 12.5. The number of benzene rings is 1.